The molecule has 1 aromatic carbocycles. The van der Waals surface area contributed by atoms with Gasteiger partial charge in [-0.3, -0.25) is 0 Å². The standard InChI is InChI=1S/C12H16N2/c1-8(2)11-9(3)5-6-10-12(11)13-7-14(10)4/h5-8H,1-4H3. The van der Waals surface area contributed by atoms with Gasteiger partial charge in [0, 0.05) is 7.05 Å². The maximum atomic E-state index is 4.46. The Kier molecular flexibility index (Phi) is 2.06. The SMILES string of the molecule is Cc1ccc2c(ncn2C)c1C(C)C. The first-order valence-electron chi connectivity index (χ1n) is 5.01. The van der Waals surface area contributed by atoms with E-state index in [0.29, 0.717) is 5.92 Å². The molecule has 0 spiro atoms. The van der Waals surface area contributed by atoms with E-state index < -0.39 is 0 Å². The van der Waals surface area contributed by atoms with Crippen molar-refractivity contribution in [3.8, 4) is 0 Å². The summed E-state index contributed by atoms with van der Waals surface area (Å²) in [5.41, 5.74) is 5.09. The van der Waals surface area contributed by atoms with Crippen LogP contribution in [0.25, 0.3) is 11.0 Å². The summed E-state index contributed by atoms with van der Waals surface area (Å²) in [6.45, 7) is 6.59. The summed E-state index contributed by atoms with van der Waals surface area (Å²) in [4.78, 5) is 4.46. The predicted octanol–water partition coefficient (Wildman–Crippen LogP) is 3.01. The molecule has 0 unspecified atom stereocenters. The van der Waals surface area contributed by atoms with Crippen molar-refractivity contribution < 1.29 is 0 Å². The molecule has 0 saturated carbocycles. The summed E-state index contributed by atoms with van der Waals surface area (Å²) in [5, 5.41) is 0. The van der Waals surface area contributed by atoms with Gasteiger partial charge in [-0.05, 0) is 30.0 Å². The molecule has 0 aliphatic heterocycles. The molecule has 0 amide bonds. The van der Waals surface area contributed by atoms with Crippen LogP contribution in [0.5, 0.6) is 0 Å². The Bertz CT molecular complexity index is 466. The van der Waals surface area contributed by atoms with E-state index in [1.165, 1.54) is 16.6 Å². The third kappa shape index (κ3) is 1.22. The van der Waals surface area contributed by atoms with Crippen molar-refractivity contribution >= 4 is 11.0 Å². The third-order valence-electron chi connectivity index (χ3n) is 2.73. The number of hydrogen-bond donors (Lipinski definition) is 0. The lowest BCUT2D eigenvalue weighted by Crippen LogP contribution is -1.94. The highest BCUT2D eigenvalue weighted by atomic mass is 15.0. The maximum Gasteiger partial charge on any atom is 0.0955 e. The Balaban J connectivity index is 2.83. The van der Waals surface area contributed by atoms with E-state index >= 15 is 0 Å². The molecule has 0 atom stereocenters. The van der Waals surface area contributed by atoms with Crippen LogP contribution in [0.4, 0.5) is 0 Å². The molecular weight excluding hydrogens is 172 g/mol. The van der Waals surface area contributed by atoms with Gasteiger partial charge in [0.1, 0.15) is 0 Å². The predicted molar refractivity (Wildman–Crippen MR) is 59.5 cm³/mol. The second-order valence-electron chi connectivity index (χ2n) is 4.17. The van der Waals surface area contributed by atoms with E-state index in [0.717, 1.165) is 5.52 Å². The van der Waals surface area contributed by atoms with Crippen LogP contribution in [-0.4, -0.2) is 9.55 Å². The van der Waals surface area contributed by atoms with Gasteiger partial charge in [-0.2, -0.15) is 0 Å². The zero-order valence-corrected chi connectivity index (χ0v) is 9.20. The van der Waals surface area contributed by atoms with Gasteiger partial charge in [-0.25, -0.2) is 4.98 Å². The highest BCUT2D eigenvalue weighted by molar-refractivity contribution is 5.80. The Morgan fingerprint density at radius 1 is 1.29 bits per heavy atom. The number of aromatic nitrogens is 2. The van der Waals surface area contributed by atoms with Crippen molar-refractivity contribution in [1.29, 1.82) is 0 Å². The molecule has 2 aromatic rings. The maximum absolute atomic E-state index is 4.46. The van der Waals surface area contributed by atoms with Crippen molar-refractivity contribution in [2.75, 3.05) is 0 Å². The fourth-order valence-electron chi connectivity index (χ4n) is 2.05. The van der Waals surface area contributed by atoms with Crippen molar-refractivity contribution in [3.63, 3.8) is 0 Å². The van der Waals surface area contributed by atoms with Gasteiger partial charge >= 0.3 is 0 Å². The Morgan fingerprint density at radius 3 is 2.64 bits per heavy atom. The number of aryl methyl sites for hydroxylation is 2. The van der Waals surface area contributed by atoms with Crippen LogP contribution in [0, 0.1) is 6.92 Å². The van der Waals surface area contributed by atoms with Gasteiger partial charge in [0.25, 0.3) is 0 Å². The number of imidazole rings is 1. The third-order valence-corrected chi connectivity index (χ3v) is 2.73. The van der Waals surface area contributed by atoms with Gasteiger partial charge in [-0.15, -0.1) is 0 Å². The lowest BCUT2D eigenvalue weighted by molar-refractivity contribution is 0.864. The van der Waals surface area contributed by atoms with Crippen LogP contribution in [0.3, 0.4) is 0 Å². The molecule has 1 aromatic heterocycles. The topological polar surface area (TPSA) is 17.8 Å². The Hall–Kier alpha value is -1.31. The van der Waals surface area contributed by atoms with Gasteiger partial charge in [-0.1, -0.05) is 19.9 Å². The Morgan fingerprint density at radius 2 is 2.00 bits per heavy atom. The molecule has 0 fully saturated rings. The van der Waals surface area contributed by atoms with Crippen LogP contribution in [0.2, 0.25) is 0 Å². The normalized spacial score (nSPS) is 11.5. The van der Waals surface area contributed by atoms with Crippen molar-refractivity contribution in [2.24, 2.45) is 7.05 Å². The summed E-state index contributed by atoms with van der Waals surface area (Å²) < 4.78 is 2.07. The second-order valence-corrected chi connectivity index (χ2v) is 4.17. The van der Waals surface area contributed by atoms with Crippen LogP contribution < -0.4 is 0 Å². The summed E-state index contributed by atoms with van der Waals surface area (Å²) in [7, 11) is 2.04. The minimum Gasteiger partial charge on any atom is -0.334 e. The largest absolute Gasteiger partial charge is 0.334 e. The summed E-state index contributed by atoms with van der Waals surface area (Å²) in [6.07, 6.45) is 1.88. The molecule has 0 bridgehead atoms. The zero-order valence-electron chi connectivity index (χ0n) is 9.20. The van der Waals surface area contributed by atoms with E-state index in [9.17, 15) is 0 Å². The monoisotopic (exact) mass is 188 g/mol. The lowest BCUT2D eigenvalue weighted by atomic mass is 9.96. The minimum absolute atomic E-state index is 0.536. The zero-order chi connectivity index (χ0) is 10.3. The number of nitrogens with zero attached hydrogens (tertiary/aromatic N) is 2. The van der Waals surface area contributed by atoms with Crippen molar-refractivity contribution in [3.05, 3.63) is 29.6 Å². The molecule has 0 radical (unpaired) electrons. The van der Waals surface area contributed by atoms with Crippen LogP contribution in [0.1, 0.15) is 30.9 Å². The first-order valence-corrected chi connectivity index (χ1v) is 5.01. The Labute approximate surface area is 84.6 Å². The number of rotatable bonds is 1. The minimum atomic E-state index is 0.536. The number of benzene rings is 1. The molecule has 0 aliphatic rings. The molecule has 74 valence electrons. The second kappa shape index (κ2) is 3.12. The molecular formula is C12H16N2. The molecule has 2 rings (SSSR count). The smallest absolute Gasteiger partial charge is 0.0955 e. The number of hydrogen-bond acceptors (Lipinski definition) is 1. The van der Waals surface area contributed by atoms with E-state index in [2.05, 4.69) is 42.5 Å². The quantitative estimate of drug-likeness (QED) is 0.672. The molecule has 0 N–H and O–H groups in total. The number of fused-ring (bicyclic) bond motifs is 1. The fraction of sp³-hybridized carbons (Fsp3) is 0.417. The molecule has 14 heavy (non-hydrogen) atoms. The van der Waals surface area contributed by atoms with Gasteiger partial charge in [0.05, 0.1) is 17.4 Å². The van der Waals surface area contributed by atoms with Gasteiger partial charge < -0.3 is 4.57 Å². The highest BCUT2D eigenvalue weighted by Gasteiger charge is 2.11. The lowest BCUT2D eigenvalue weighted by Gasteiger charge is -2.10. The first kappa shape index (κ1) is 9.25. The van der Waals surface area contributed by atoms with E-state index in [4.69, 9.17) is 0 Å². The van der Waals surface area contributed by atoms with Gasteiger partial charge in [0.15, 0.2) is 0 Å². The van der Waals surface area contributed by atoms with Crippen LogP contribution in [-0.2, 0) is 7.05 Å². The molecule has 2 nitrogen and oxygen atoms in total. The summed E-state index contributed by atoms with van der Waals surface area (Å²) in [6, 6.07) is 4.32. The van der Waals surface area contributed by atoms with E-state index in [-0.39, 0.29) is 0 Å². The van der Waals surface area contributed by atoms with Gasteiger partial charge in [0.2, 0.25) is 0 Å². The average molecular weight is 188 g/mol. The molecule has 1 heterocycles. The molecule has 2 heteroatoms. The van der Waals surface area contributed by atoms with Crippen molar-refractivity contribution in [2.45, 2.75) is 26.7 Å². The van der Waals surface area contributed by atoms with E-state index in [1.54, 1.807) is 0 Å². The van der Waals surface area contributed by atoms with Crippen LogP contribution in [0.15, 0.2) is 18.5 Å². The average Bonchev–Trinajstić information content (AvgIpc) is 2.47. The summed E-state index contributed by atoms with van der Waals surface area (Å²) in [5.74, 6) is 0.536. The molecule has 0 aliphatic carbocycles. The van der Waals surface area contributed by atoms with Crippen molar-refractivity contribution in [1.82, 2.24) is 9.55 Å². The van der Waals surface area contributed by atoms with Crippen LogP contribution >= 0.6 is 0 Å². The first-order chi connectivity index (χ1) is 6.61. The highest BCUT2D eigenvalue weighted by Crippen LogP contribution is 2.27. The summed E-state index contributed by atoms with van der Waals surface area (Å²) >= 11 is 0. The fourth-order valence-corrected chi connectivity index (χ4v) is 2.05. The molecule has 0 saturated heterocycles. The van der Waals surface area contributed by atoms with E-state index in [1.807, 2.05) is 13.4 Å².